The highest BCUT2D eigenvalue weighted by Gasteiger charge is 2.13. The second-order valence-corrected chi connectivity index (χ2v) is 5.33. The fourth-order valence-corrected chi connectivity index (χ4v) is 2.08. The molecule has 18 heavy (non-hydrogen) atoms. The van der Waals surface area contributed by atoms with Crippen LogP contribution >= 0.6 is 28.1 Å². The molecule has 2 rings (SSSR count). The number of hydrogen-bond acceptors (Lipinski definition) is 2. The predicted octanol–water partition coefficient (Wildman–Crippen LogP) is 4.96. The molecule has 0 N–H and O–H groups in total. The standard InChI is InChI=1S/C15H13BrOS/c1-11(12-5-3-2-4-6-12)15(18)17-14-9-7-13(16)8-10-14/h2-11H,1H3. The summed E-state index contributed by atoms with van der Waals surface area (Å²) in [5, 5.41) is 0.587. The second kappa shape index (κ2) is 6.12. The third-order valence-corrected chi connectivity index (χ3v) is 3.65. The van der Waals surface area contributed by atoms with Crippen LogP contribution in [0.15, 0.2) is 59.1 Å². The molecule has 0 aliphatic rings. The predicted molar refractivity (Wildman–Crippen MR) is 82.2 cm³/mol. The van der Waals surface area contributed by atoms with Gasteiger partial charge in [-0.3, -0.25) is 0 Å². The van der Waals surface area contributed by atoms with Crippen LogP contribution in [-0.4, -0.2) is 5.05 Å². The Hall–Kier alpha value is -1.19. The van der Waals surface area contributed by atoms with Gasteiger partial charge in [0.1, 0.15) is 5.75 Å². The molecule has 92 valence electrons. The number of thiocarbonyl (C=S) groups is 1. The SMILES string of the molecule is CC(C(=S)Oc1ccc(Br)cc1)c1ccccc1. The fraction of sp³-hybridized carbons (Fsp3) is 0.133. The van der Waals surface area contributed by atoms with E-state index in [2.05, 4.69) is 35.0 Å². The van der Waals surface area contributed by atoms with Crippen LogP contribution in [0.5, 0.6) is 5.75 Å². The lowest BCUT2D eigenvalue weighted by Crippen LogP contribution is -2.13. The van der Waals surface area contributed by atoms with Crippen LogP contribution in [0, 0.1) is 0 Å². The van der Waals surface area contributed by atoms with E-state index in [-0.39, 0.29) is 5.92 Å². The lowest BCUT2D eigenvalue weighted by Gasteiger charge is -2.14. The molecule has 1 atom stereocenters. The molecule has 0 radical (unpaired) electrons. The maximum Gasteiger partial charge on any atom is 0.174 e. The van der Waals surface area contributed by atoms with Crippen LogP contribution in [0.4, 0.5) is 0 Å². The fourth-order valence-electron chi connectivity index (χ4n) is 1.58. The van der Waals surface area contributed by atoms with Crippen molar-refractivity contribution in [2.45, 2.75) is 12.8 Å². The van der Waals surface area contributed by atoms with Crippen molar-refractivity contribution in [3.63, 3.8) is 0 Å². The summed E-state index contributed by atoms with van der Waals surface area (Å²) in [5.74, 6) is 0.871. The number of rotatable bonds is 3. The van der Waals surface area contributed by atoms with E-state index in [1.807, 2.05) is 42.5 Å². The highest BCUT2D eigenvalue weighted by Crippen LogP contribution is 2.21. The van der Waals surface area contributed by atoms with Gasteiger partial charge in [-0.25, -0.2) is 0 Å². The highest BCUT2D eigenvalue weighted by molar-refractivity contribution is 9.10. The van der Waals surface area contributed by atoms with E-state index in [0.717, 1.165) is 10.2 Å². The van der Waals surface area contributed by atoms with Crippen LogP contribution in [0.25, 0.3) is 0 Å². The number of hydrogen-bond donors (Lipinski definition) is 0. The van der Waals surface area contributed by atoms with Crippen LogP contribution in [0.1, 0.15) is 18.4 Å². The third-order valence-electron chi connectivity index (χ3n) is 2.69. The minimum absolute atomic E-state index is 0.102. The molecule has 3 heteroatoms. The molecule has 1 nitrogen and oxygen atoms in total. The molecular weight excluding hydrogens is 308 g/mol. The van der Waals surface area contributed by atoms with E-state index in [1.165, 1.54) is 5.56 Å². The van der Waals surface area contributed by atoms with Gasteiger partial charge in [0, 0.05) is 4.47 Å². The van der Waals surface area contributed by atoms with Gasteiger partial charge < -0.3 is 4.74 Å². The van der Waals surface area contributed by atoms with E-state index in [0.29, 0.717) is 5.05 Å². The molecule has 1 unspecified atom stereocenters. The maximum atomic E-state index is 5.70. The lowest BCUT2D eigenvalue weighted by atomic mass is 10.0. The van der Waals surface area contributed by atoms with Gasteiger partial charge in [0.05, 0.1) is 5.92 Å². The molecule has 0 heterocycles. The molecule has 0 saturated heterocycles. The Morgan fingerprint density at radius 3 is 2.28 bits per heavy atom. The van der Waals surface area contributed by atoms with Crippen molar-refractivity contribution in [3.05, 3.63) is 64.6 Å². The van der Waals surface area contributed by atoms with Gasteiger partial charge in [0.15, 0.2) is 5.05 Å². The summed E-state index contributed by atoms with van der Waals surface area (Å²) < 4.78 is 6.72. The van der Waals surface area contributed by atoms with Gasteiger partial charge in [0.2, 0.25) is 0 Å². The van der Waals surface area contributed by atoms with Crippen molar-refractivity contribution in [2.24, 2.45) is 0 Å². The zero-order valence-electron chi connectivity index (χ0n) is 9.97. The molecule has 2 aromatic carbocycles. The summed E-state index contributed by atoms with van der Waals surface area (Å²) in [4.78, 5) is 0. The van der Waals surface area contributed by atoms with Crippen molar-refractivity contribution in [1.29, 1.82) is 0 Å². The first kappa shape index (κ1) is 13.2. The molecule has 0 aromatic heterocycles. The smallest absolute Gasteiger partial charge is 0.174 e. The van der Waals surface area contributed by atoms with Gasteiger partial charge in [-0.1, -0.05) is 53.2 Å². The van der Waals surface area contributed by atoms with E-state index in [4.69, 9.17) is 17.0 Å². The monoisotopic (exact) mass is 320 g/mol. The first-order valence-corrected chi connectivity index (χ1v) is 6.89. The third kappa shape index (κ3) is 3.40. The minimum Gasteiger partial charge on any atom is -0.450 e. The second-order valence-electron chi connectivity index (χ2n) is 4.01. The van der Waals surface area contributed by atoms with Gasteiger partial charge in [-0.2, -0.15) is 0 Å². The van der Waals surface area contributed by atoms with Crippen molar-refractivity contribution in [1.82, 2.24) is 0 Å². The van der Waals surface area contributed by atoms with Crippen LogP contribution in [0.3, 0.4) is 0 Å². The molecular formula is C15H13BrOS. The Morgan fingerprint density at radius 1 is 1.06 bits per heavy atom. The molecule has 0 bridgehead atoms. The molecule has 0 spiro atoms. The Balaban J connectivity index is 2.06. The maximum absolute atomic E-state index is 5.70. The lowest BCUT2D eigenvalue weighted by molar-refractivity contribution is 0.539. The van der Waals surface area contributed by atoms with Crippen LogP contribution < -0.4 is 4.74 Å². The molecule has 0 amide bonds. The number of halogens is 1. The Labute approximate surface area is 121 Å². The summed E-state index contributed by atoms with van der Waals surface area (Å²) in [6.45, 7) is 2.05. The average molecular weight is 321 g/mol. The van der Waals surface area contributed by atoms with Crippen molar-refractivity contribution in [2.75, 3.05) is 0 Å². The quantitative estimate of drug-likeness (QED) is 0.739. The van der Waals surface area contributed by atoms with Gasteiger partial charge in [-0.05, 0) is 42.0 Å². The molecule has 0 aliphatic carbocycles. The summed E-state index contributed by atoms with van der Waals surface area (Å²) in [6, 6.07) is 17.8. The average Bonchev–Trinajstić information content (AvgIpc) is 2.41. The van der Waals surface area contributed by atoms with Gasteiger partial charge in [-0.15, -0.1) is 0 Å². The van der Waals surface area contributed by atoms with Crippen molar-refractivity contribution >= 4 is 33.2 Å². The van der Waals surface area contributed by atoms with Crippen molar-refractivity contribution in [3.8, 4) is 5.75 Å². The number of ether oxygens (including phenoxy) is 1. The van der Waals surface area contributed by atoms with Crippen molar-refractivity contribution < 1.29 is 4.74 Å². The zero-order valence-corrected chi connectivity index (χ0v) is 12.4. The van der Waals surface area contributed by atoms with E-state index >= 15 is 0 Å². The topological polar surface area (TPSA) is 9.23 Å². The van der Waals surface area contributed by atoms with E-state index < -0.39 is 0 Å². The number of benzene rings is 2. The summed E-state index contributed by atoms with van der Waals surface area (Å²) >= 11 is 8.73. The van der Waals surface area contributed by atoms with E-state index in [9.17, 15) is 0 Å². The molecule has 2 aromatic rings. The normalized spacial score (nSPS) is 11.9. The Kier molecular flexibility index (Phi) is 4.50. The largest absolute Gasteiger partial charge is 0.450 e. The molecule has 0 saturated carbocycles. The van der Waals surface area contributed by atoms with E-state index in [1.54, 1.807) is 0 Å². The molecule has 0 fully saturated rings. The molecule has 0 aliphatic heterocycles. The zero-order chi connectivity index (χ0) is 13.0. The minimum atomic E-state index is 0.102. The first-order valence-electron chi connectivity index (χ1n) is 5.69. The van der Waals surface area contributed by atoms with Crippen LogP contribution in [0.2, 0.25) is 0 Å². The van der Waals surface area contributed by atoms with Gasteiger partial charge in [0.25, 0.3) is 0 Å². The summed E-state index contributed by atoms with van der Waals surface area (Å²) in [5.41, 5.74) is 1.17. The Bertz CT molecular complexity index is 522. The van der Waals surface area contributed by atoms with Gasteiger partial charge >= 0.3 is 0 Å². The van der Waals surface area contributed by atoms with Crippen LogP contribution in [-0.2, 0) is 0 Å². The summed E-state index contributed by atoms with van der Waals surface area (Å²) in [6.07, 6.45) is 0. The summed E-state index contributed by atoms with van der Waals surface area (Å²) in [7, 11) is 0. The first-order chi connectivity index (χ1) is 8.66. The highest BCUT2D eigenvalue weighted by atomic mass is 79.9. The Morgan fingerprint density at radius 2 is 1.67 bits per heavy atom.